The number of rotatable bonds is 3. The molecule has 1 aromatic carbocycles. The first-order valence-corrected chi connectivity index (χ1v) is 7.43. The molecule has 0 bridgehead atoms. The number of ether oxygens (including phenoxy) is 1. The first-order valence-electron chi connectivity index (χ1n) is 7.43. The van der Waals surface area contributed by atoms with Gasteiger partial charge >= 0.3 is 5.97 Å². The van der Waals surface area contributed by atoms with Gasteiger partial charge in [-0.2, -0.15) is 5.10 Å². The summed E-state index contributed by atoms with van der Waals surface area (Å²) in [7, 11) is 3.42. The van der Waals surface area contributed by atoms with Crippen LogP contribution in [0, 0.1) is 0 Å². The van der Waals surface area contributed by atoms with E-state index < -0.39 is 0 Å². The third kappa shape index (κ3) is 2.65. The van der Waals surface area contributed by atoms with Gasteiger partial charge in [-0.15, -0.1) is 0 Å². The molecule has 1 aliphatic rings. The zero-order valence-electron chi connectivity index (χ0n) is 12.6. The van der Waals surface area contributed by atoms with Crippen molar-refractivity contribution in [2.75, 3.05) is 13.7 Å². The van der Waals surface area contributed by atoms with Gasteiger partial charge in [-0.1, -0.05) is 24.6 Å². The number of esters is 1. The minimum Gasteiger partial charge on any atom is -0.468 e. The Morgan fingerprint density at radius 2 is 2.19 bits per heavy atom. The number of hydrogen-bond acceptors (Lipinski definition) is 4. The number of benzene rings is 1. The quantitative estimate of drug-likeness (QED) is 0.811. The van der Waals surface area contributed by atoms with Gasteiger partial charge < -0.3 is 4.74 Å². The molecular formula is C16H21N3O2. The fourth-order valence-corrected chi connectivity index (χ4v) is 3.18. The number of aromatic nitrogens is 2. The third-order valence-electron chi connectivity index (χ3n) is 4.27. The first kappa shape index (κ1) is 14.1. The van der Waals surface area contributed by atoms with E-state index in [2.05, 4.69) is 22.1 Å². The molecule has 1 aliphatic heterocycles. The molecule has 0 saturated carbocycles. The predicted octanol–water partition coefficient (Wildman–Crippen LogP) is 2.10. The molecule has 2 heterocycles. The van der Waals surface area contributed by atoms with Gasteiger partial charge in [0.25, 0.3) is 0 Å². The molecule has 21 heavy (non-hydrogen) atoms. The molecule has 5 heteroatoms. The van der Waals surface area contributed by atoms with E-state index in [4.69, 9.17) is 4.74 Å². The van der Waals surface area contributed by atoms with E-state index >= 15 is 0 Å². The number of hydrogen-bond donors (Lipinski definition) is 0. The average molecular weight is 287 g/mol. The summed E-state index contributed by atoms with van der Waals surface area (Å²) in [6.07, 6.45) is 3.08. The summed E-state index contributed by atoms with van der Waals surface area (Å²) in [4.78, 5) is 14.1. The van der Waals surface area contributed by atoms with Crippen molar-refractivity contribution in [1.29, 1.82) is 0 Å². The summed E-state index contributed by atoms with van der Waals surface area (Å²) in [5.74, 6) is -0.130. The summed E-state index contributed by atoms with van der Waals surface area (Å²) < 4.78 is 6.85. The van der Waals surface area contributed by atoms with Crippen LogP contribution in [0.1, 0.15) is 25.0 Å². The number of carbonyl (C=O) groups excluding carboxylic acids is 1. The van der Waals surface area contributed by atoms with Crippen molar-refractivity contribution in [3.63, 3.8) is 0 Å². The number of nitrogens with zero attached hydrogens (tertiary/aromatic N) is 3. The summed E-state index contributed by atoms with van der Waals surface area (Å²) in [5, 5.41) is 5.79. The minimum atomic E-state index is -0.135. The Bertz CT molecular complexity index is 650. The van der Waals surface area contributed by atoms with Crippen LogP contribution in [-0.4, -0.2) is 40.3 Å². The largest absolute Gasteiger partial charge is 0.468 e. The van der Waals surface area contributed by atoms with Gasteiger partial charge in [0.2, 0.25) is 0 Å². The Hall–Kier alpha value is -1.88. The normalized spacial score (nSPS) is 19.8. The minimum absolute atomic E-state index is 0.130. The van der Waals surface area contributed by atoms with E-state index in [-0.39, 0.29) is 12.0 Å². The van der Waals surface area contributed by atoms with Crippen molar-refractivity contribution in [3.05, 3.63) is 30.0 Å². The second kappa shape index (κ2) is 5.85. The highest BCUT2D eigenvalue weighted by atomic mass is 16.5. The van der Waals surface area contributed by atoms with Crippen LogP contribution in [0.2, 0.25) is 0 Å². The van der Waals surface area contributed by atoms with E-state index in [1.54, 1.807) is 0 Å². The summed E-state index contributed by atoms with van der Waals surface area (Å²) >= 11 is 0. The molecule has 0 radical (unpaired) electrons. The van der Waals surface area contributed by atoms with Crippen LogP contribution >= 0.6 is 0 Å². The van der Waals surface area contributed by atoms with Crippen LogP contribution in [0.4, 0.5) is 0 Å². The van der Waals surface area contributed by atoms with E-state index in [9.17, 15) is 4.79 Å². The molecule has 112 valence electrons. The Balaban J connectivity index is 1.88. The molecule has 0 aliphatic carbocycles. The van der Waals surface area contributed by atoms with Crippen molar-refractivity contribution in [3.8, 4) is 0 Å². The van der Waals surface area contributed by atoms with Gasteiger partial charge in [0, 0.05) is 19.0 Å². The van der Waals surface area contributed by atoms with Crippen molar-refractivity contribution < 1.29 is 9.53 Å². The molecule has 1 saturated heterocycles. The number of carbonyl (C=O) groups is 1. The van der Waals surface area contributed by atoms with Crippen LogP contribution in [0.25, 0.3) is 10.9 Å². The lowest BCUT2D eigenvalue weighted by Crippen LogP contribution is -2.44. The van der Waals surface area contributed by atoms with Gasteiger partial charge in [0.05, 0.1) is 18.3 Å². The molecule has 0 amide bonds. The topological polar surface area (TPSA) is 47.4 Å². The van der Waals surface area contributed by atoms with E-state index in [1.807, 2.05) is 23.9 Å². The van der Waals surface area contributed by atoms with Gasteiger partial charge in [-0.25, -0.2) is 0 Å². The van der Waals surface area contributed by atoms with Crippen LogP contribution in [-0.2, 0) is 23.1 Å². The highest BCUT2D eigenvalue weighted by Crippen LogP contribution is 2.24. The smallest absolute Gasteiger partial charge is 0.323 e. The van der Waals surface area contributed by atoms with Crippen molar-refractivity contribution >= 4 is 16.9 Å². The van der Waals surface area contributed by atoms with Gasteiger partial charge in [0.1, 0.15) is 6.04 Å². The van der Waals surface area contributed by atoms with Crippen molar-refractivity contribution in [2.24, 2.45) is 7.05 Å². The molecule has 2 aromatic rings. The molecule has 0 N–H and O–H groups in total. The molecule has 1 aromatic heterocycles. The van der Waals surface area contributed by atoms with Crippen LogP contribution in [0.3, 0.4) is 0 Å². The maximum Gasteiger partial charge on any atom is 0.323 e. The number of likely N-dealkylation sites (tertiary alicyclic amines) is 1. The van der Waals surface area contributed by atoms with Crippen molar-refractivity contribution in [2.45, 2.75) is 31.8 Å². The lowest BCUT2D eigenvalue weighted by Gasteiger charge is -2.33. The Labute approximate surface area is 124 Å². The average Bonchev–Trinajstić information content (AvgIpc) is 2.84. The number of aryl methyl sites for hydroxylation is 1. The van der Waals surface area contributed by atoms with Crippen molar-refractivity contribution in [1.82, 2.24) is 14.7 Å². The SMILES string of the molecule is COC(=O)C1CCCCN1Cc1nn(C)c2ccccc12. The molecule has 1 unspecified atom stereocenters. The molecular weight excluding hydrogens is 266 g/mol. The van der Waals surface area contributed by atoms with Gasteiger partial charge in [-0.3, -0.25) is 14.4 Å². The standard InChI is InChI=1S/C16H21N3O2/c1-18-14-8-4-3-7-12(14)13(17-18)11-19-10-6-5-9-15(19)16(20)21-2/h3-4,7-8,15H,5-6,9-11H2,1-2H3. The molecule has 1 atom stereocenters. The Morgan fingerprint density at radius 1 is 1.38 bits per heavy atom. The van der Waals surface area contributed by atoms with Gasteiger partial charge in [0.15, 0.2) is 0 Å². The fraction of sp³-hybridized carbons (Fsp3) is 0.500. The highest BCUT2D eigenvalue weighted by Gasteiger charge is 2.30. The second-order valence-electron chi connectivity index (χ2n) is 5.59. The molecule has 1 fully saturated rings. The maximum absolute atomic E-state index is 11.9. The summed E-state index contributed by atoms with van der Waals surface area (Å²) in [6.45, 7) is 1.62. The molecule has 5 nitrogen and oxygen atoms in total. The zero-order valence-corrected chi connectivity index (χ0v) is 12.6. The first-order chi connectivity index (χ1) is 10.2. The fourth-order valence-electron chi connectivity index (χ4n) is 3.18. The lowest BCUT2D eigenvalue weighted by atomic mass is 10.0. The number of para-hydroxylation sites is 1. The summed E-state index contributed by atoms with van der Waals surface area (Å²) in [6, 6.07) is 8.08. The third-order valence-corrected chi connectivity index (χ3v) is 4.27. The maximum atomic E-state index is 11.9. The molecule has 0 spiro atoms. The lowest BCUT2D eigenvalue weighted by molar-refractivity contribution is -0.148. The number of methoxy groups -OCH3 is 1. The van der Waals surface area contributed by atoms with E-state index in [1.165, 1.54) is 7.11 Å². The Morgan fingerprint density at radius 3 is 3.00 bits per heavy atom. The van der Waals surface area contributed by atoms with E-state index in [0.29, 0.717) is 6.54 Å². The number of fused-ring (bicyclic) bond motifs is 1. The van der Waals surface area contributed by atoms with Crippen LogP contribution in [0.15, 0.2) is 24.3 Å². The monoisotopic (exact) mass is 287 g/mol. The molecule has 3 rings (SSSR count). The van der Waals surface area contributed by atoms with Crippen LogP contribution < -0.4 is 0 Å². The highest BCUT2D eigenvalue weighted by molar-refractivity contribution is 5.82. The summed E-state index contributed by atoms with van der Waals surface area (Å²) in [5.41, 5.74) is 2.16. The van der Waals surface area contributed by atoms with E-state index in [0.717, 1.165) is 42.4 Å². The van der Waals surface area contributed by atoms with Gasteiger partial charge in [-0.05, 0) is 25.5 Å². The zero-order chi connectivity index (χ0) is 14.8. The number of piperidine rings is 1. The predicted molar refractivity (Wildman–Crippen MR) is 80.8 cm³/mol. The second-order valence-corrected chi connectivity index (χ2v) is 5.59. The van der Waals surface area contributed by atoms with Crippen LogP contribution in [0.5, 0.6) is 0 Å². The Kier molecular flexibility index (Phi) is 3.92.